The van der Waals surface area contributed by atoms with Crippen LogP contribution in [-0.4, -0.2) is 33.9 Å². The Morgan fingerprint density at radius 3 is 2.84 bits per heavy atom. The van der Waals surface area contributed by atoms with E-state index in [1.54, 1.807) is 6.20 Å². The number of rotatable bonds is 5. The van der Waals surface area contributed by atoms with Gasteiger partial charge in [0.05, 0.1) is 0 Å². The number of pyridine rings is 2. The Bertz CT molecular complexity index is 1070. The van der Waals surface area contributed by atoms with Crippen molar-refractivity contribution in [3.63, 3.8) is 0 Å². The van der Waals surface area contributed by atoms with Crippen LogP contribution in [-0.2, 0) is 11.2 Å². The molecule has 1 aliphatic heterocycles. The van der Waals surface area contributed by atoms with Crippen LogP contribution in [0.25, 0.3) is 11.1 Å². The molecule has 1 fully saturated rings. The lowest BCUT2D eigenvalue weighted by Crippen LogP contribution is -2.39. The molecular weight excluding hydrogens is 408 g/mol. The fourth-order valence-corrected chi connectivity index (χ4v) is 4.41. The third-order valence-electron chi connectivity index (χ3n) is 5.80. The maximum absolute atomic E-state index is 12.9. The van der Waals surface area contributed by atoms with Crippen molar-refractivity contribution in [3.8, 4) is 11.1 Å². The molecule has 1 atom stereocenters. The molecule has 0 bridgehead atoms. The van der Waals surface area contributed by atoms with E-state index >= 15 is 0 Å². The number of halogens is 1. The van der Waals surface area contributed by atoms with Gasteiger partial charge in [0, 0.05) is 53.6 Å². The number of likely N-dealkylation sites (tertiary alicyclic amines) is 1. The maximum Gasteiger partial charge on any atom is 0.222 e. The quantitative estimate of drug-likeness (QED) is 0.611. The first kappa shape index (κ1) is 21.3. The molecule has 1 unspecified atom stereocenters. The van der Waals surface area contributed by atoms with Crippen molar-refractivity contribution < 1.29 is 4.79 Å². The number of hydrogen-bond acceptors (Lipinski definition) is 4. The molecule has 1 aromatic carbocycles. The topological polar surface area (TPSA) is 72.1 Å². The predicted octanol–water partition coefficient (Wildman–Crippen LogP) is 5.03. The third kappa shape index (κ3) is 5.42. The molecule has 1 aliphatic rings. The average Bonchev–Trinajstić information content (AvgIpc) is 2.78. The van der Waals surface area contributed by atoms with Crippen molar-refractivity contribution in [2.75, 3.05) is 18.8 Å². The number of hydrogen-bond donors (Lipinski definition) is 1. The van der Waals surface area contributed by atoms with Gasteiger partial charge >= 0.3 is 0 Å². The predicted molar refractivity (Wildman–Crippen MR) is 125 cm³/mol. The fourth-order valence-electron chi connectivity index (χ4n) is 4.19. The number of nitrogens with two attached hydrogens (primary N) is 1. The summed E-state index contributed by atoms with van der Waals surface area (Å²) < 4.78 is 0. The van der Waals surface area contributed by atoms with E-state index in [9.17, 15) is 4.79 Å². The van der Waals surface area contributed by atoms with E-state index in [1.165, 1.54) is 0 Å². The van der Waals surface area contributed by atoms with Gasteiger partial charge < -0.3 is 10.6 Å². The van der Waals surface area contributed by atoms with Crippen molar-refractivity contribution in [2.45, 2.75) is 38.5 Å². The van der Waals surface area contributed by atoms with Gasteiger partial charge in [0.2, 0.25) is 5.91 Å². The number of carbonyl (C=O) groups excluding carboxylic acids is 1. The summed E-state index contributed by atoms with van der Waals surface area (Å²) in [6, 6.07) is 15.7. The van der Waals surface area contributed by atoms with Crippen molar-refractivity contribution in [3.05, 3.63) is 76.7 Å². The van der Waals surface area contributed by atoms with Crippen LogP contribution in [0.2, 0.25) is 5.02 Å². The first-order valence-electron chi connectivity index (χ1n) is 10.7. The van der Waals surface area contributed by atoms with E-state index in [4.69, 9.17) is 22.3 Å². The van der Waals surface area contributed by atoms with Crippen LogP contribution >= 0.6 is 11.6 Å². The molecule has 1 saturated heterocycles. The molecule has 0 radical (unpaired) electrons. The van der Waals surface area contributed by atoms with Gasteiger partial charge in [0.25, 0.3) is 0 Å². The molecule has 1 amide bonds. The Balaban J connectivity index is 1.45. The average molecular weight is 435 g/mol. The number of amides is 1. The lowest BCUT2D eigenvalue weighted by atomic mass is 9.92. The number of nitrogen functional groups attached to an aromatic ring is 1. The second-order valence-electron chi connectivity index (χ2n) is 8.20. The monoisotopic (exact) mass is 434 g/mol. The Kier molecular flexibility index (Phi) is 6.52. The number of aryl methyl sites for hydroxylation is 2. The van der Waals surface area contributed by atoms with Gasteiger partial charge in [-0.15, -0.1) is 0 Å². The summed E-state index contributed by atoms with van der Waals surface area (Å²) in [4.78, 5) is 23.9. The van der Waals surface area contributed by atoms with Crippen LogP contribution in [0.4, 0.5) is 5.82 Å². The molecule has 0 aliphatic carbocycles. The highest BCUT2D eigenvalue weighted by molar-refractivity contribution is 6.30. The molecule has 31 heavy (non-hydrogen) atoms. The molecule has 5 nitrogen and oxygen atoms in total. The number of benzene rings is 1. The van der Waals surface area contributed by atoms with Gasteiger partial charge in [0.1, 0.15) is 5.82 Å². The normalized spacial score (nSPS) is 16.3. The van der Waals surface area contributed by atoms with E-state index in [1.807, 2.05) is 48.2 Å². The van der Waals surface area contributed by atoms with Crippen molar-refractivity contribution in [1.82, 2.24) is 14.9 Å². The maximum atomic E-state index is 12.9. The molecule has 0 saturated carbocycles. The van der Waals surface area contributed by atoms with Gasteiger partial charge in [-0.3, -0.25) is 9.78 Å². The standard InChI is InChI=1S/C25H27ClN4O/c1-17-12-21(19-8-9-24(27)28-15-19)14-23(29-17)20-5-3-11-30(16-20)25(31)10-7-18-4-2-6-22(26)13-18/h2,4,6,8-9,12-15,20H,3,5,7,10-11,16H2,1H3,(H2,27,28). The summed E-state index contributed by atoms with van der Waals surface area (Å²) in [6.45, 7) is 3.53. The molecule has 0 spiro atoms. The molecular formula is C25H27ClN4O. The summed E-state index contributed by atoms with van der Waals surface area (Å²) in [7, 11) is 0. The zero-order valence-corrected chi connectivity index (χ0v) is 18.5. The second kappa shape index (κ2) is 9.48. The summed E-state index contributed by atoms with van der Waals surface area (Å²) in [5, 5.41) is 0.709. The lowest BCUT2D eigenvalue weighted by molar-refractivity contribution is -0.132. The van der Waals surface area contributed by atoms with Gasteiger partial charge in [-0.25, -0.2) is 4.98 Å². The number of anilines is 1. The molecule has 2 N–H and O–H groups in total. The van der Waals surface area contributed by atoms with Crippen LogP contribution in [0.3, 0.4) is 0 Å². The molecule has 3 heterocycles. The van der Waals surface area contributed by atoms with Crippen LogP contribution in [0.15, 0.2) is 54.7 Å². The molecule has 160 valence electrons. The van der Waals surface area contributed by atoms with Crippen LogP contribution < -0.4 is 5.73 Å². The van der Waals surface area contributed by atoms with E-state index in [0.29, 0.717) is 30.2 Å². The smallest absolute Gasteiger partial charge is 0.222 e. The van der Waals surface area contributed by atoms with Crippen molar-refractivity contribution in [1.29, 1.82) is 0 Å². The Morgan fingerprint density at radius 1 is 1.19 bits per heavy atom. The van der Waals surface area contributed by atoms with E-state index in [0.717, 1.165) is 47.5 Å². The molecule has 2 aromatic heterocycles. The Hall–Kier alpha value is -2.92. The zero-order valence-electron chi connectivity index (χ0n) is 17.7. The van der Waals surface area contributed by atoms with Gasteiger partial charge in [-0.1, -0.05) is 23.7 Å². The van der Waals surface area contributed by atoms with Gasteiger partial charge in [-0.2, -0.15) is 0 Å². The first-order valence-corrected chi connectivity index (χ1v) is 11.1. The van der Waals surface area contributed by atoms with Crippen molar-refractivity contribution in [2.24, 2.45) is 0 Å². The van der Waals surface area contributed by atoms with Gasteiger partial charge in [-0.05, 0) is 73.7 Å². The molecule has 4 rings (SSSR count). The fraction of sp³-hybridized carbons (Fsp3) is 0.320. The zero-order chi connectivity index (χ0) is 21.8. The minimum atomic E-state index is 0.195. The molecule has 3 aromatic rings. The highest BCUT2D eigenvalue weighted by atomic mass is 35.5. The lowest BCUT2D eigenvalue weighted by Gasteiger charge is -2.33. The summed E-state index contributed by atoms with van der Waals surface area (Å²) >= 11 is 6.06. The number of carbonyl (C=O) groups is 1. The number of nitrogens with zero attached hydrogens (tertiary/aromatic N) is 3. The minimum Gasteiger partial charge on any atom is -0.384 e. The van der Waals surface area contributed by atoms with Gasteiger partial charge in [0.15, 0.2) is 0 Å². The van der Waals surface area contributed by atoms with E-state index in [-0.39, 0.29) is 11.8 Å². The SMILES string of the molecule is Cc1cc(-c2ccc(N)nc2)cc(C2CCCN(C(=O)CCc3cccc(Cl)c3)C2)n1. The minimum absolute atomic E-state index is 0.195. The molecule has 6 heteroatoms. The Morgan fingerprint density at radius 2 is 2.06 bits per heavy atom. The van der Waals surface area contributed by atoms with Crippen LogP contribution in [0, 0.1) is 6.92 Å². The summed E-state index contributed by atoms with van der Waals surface area (Å²) in [6.07, 6.45) is 5.02. The number of aromatic nitrogens is 2. The van der Waals surface area contributed by atoms with Crippen LogP contribution in [0.5, 0.6) is 0 Å². The highest BCUT2D eigenvalue weighted by Crippen LogP contribution is 2.30. The Labute approximate surface area is 188 Å². The second-order valence-corrected chi connectivity index (χ2v) is 8.64. The van der Waals surface area contributed by atoms with Crippen molar-refractivity contribution >= 4 is 23.3 Å². The summed E-state index contributed by atoms with van der Waals surface area (Å²) in [5.74, 6) is 0.943. The highest BCUT2D eigenvalue weighted by Gasteiger charge is 2.26. The van der Waals surface area contributed by atoms with E-state index in [2.05, 4.69) is 17.1 Å². The number of piperidine rings is 1. The summed E-state index contributed by atoms with van der Waals surface area (Å²) in [5.41, 5.74) is 10.9. The third-order valence-corrected chi connectivity index (χ3v) is 6.04. The van der Waals surface area contributed by atoms with E-state index < -0.39 is 0 Å². The largest absolute Gasteiger partial charge is 0.384 e. The first-order chi connectivity index (χ1) is 15.0. The van der Waals surface area contributed by atoms with Crippen LogP contribution in [0.1, 0.15) is 42.1 Å².